The first-order chi connectivity index (χ1) is 3.91. The molecule has 0 aromatic carbocycles. The summed E-state index contributed by atoms with van der Waals surface area (Å²) in [5.74, 6) is 4.82. The number of rotatable bonds is 4. The van der Waals surface area contributed by atoms with Crippen LogP contribution in [-0.4, -0.2) is 6.21 Å². The minimum atomic E-state index is 0.907. The van der Waals surface area contributed by atoms with Gasteiger partial charge in [-0.3, -0.25) is 0 Å². The third kappa shape index (κ3) is 5.47. The zero-order valence-corrected chi connectivity index (χ0v) is 5.35. The van der Waals surface area contributed by atoms with Crippen LogP contribution in [0, 0.1) is 0 Å². The molecule has 0 saturated heterocycles. The van der Waals surface area contributed by atoms with E-state index in [0.717, 1.165) is 12.8 Å². The number of unbranched alkanes of at least 4 members (excludes halogenated alkanes) is 3. The summed E-state index contributed by atoms with van der Waals surface area (Å²) in [6.07, 6.45) is 7.25. The van der Waals surface area contributed by atoms with E-state index in [2.05, 4.69) is 18.2 Å². The quantitative estimate of drug-likeness (QED) is 0.254. The van der Waals surface area contributed by atoms with Crippen LogP contribution in [0.25, 0.3) is 0 Å². The lowest BCUT2D eigenvalue weighted by Crippen LogP contribution is -1.82. The molecule has 47 valence electrons. The first-order valence-corrected chi connectivity index (χ1v) is 3.04. The number of nitrogens with two attached hydrogens (primary N) is 1. The van der Waals surface area contributed by atoms with Crippen LogP contribution >= 0.6 is 0 Å². The molecule has 0 rings (SSSR count). The fourth-order valence-electron chi connectivity index (χ4n) is 0.519. The molecule has 0 aromatic heterocycles. The molecule has 2 N–H and O–H groups in total. The Hall–Kier alpha value is -0.530. The zero-order chi connectivity index (χ0) is 6.24. The van der Waals surface area contributed by atoms with E-state index >= 15 is 0 Å². The van der Waals surface area contributed by atoms with Gasteiger partial charge in [0.1, 0.15) is 0 Å². The molecule has 0 unspecified atom stereocenters. The summed E-state index contributed by atoms with van der Waals surface area (Å²) >= 11 is 0. The highest BCUT2D eigenvalue weighted by Crippen LogP contribution is 1.95. The van der Waals surface area contributed by atoms with E-state index in [-0.39, 0.29) is 0 Å². The van der Waals surface area contributed by atoms with Gasteiger partial charge in [-0.2, -0.15) is 5.10 Å². The second kappa shape index (κ2) is 6.47. The molecular formula is C6H13N2. The maximum atomic E-state index is 4.82. The normalized spacial score (nSPS) is 10.6. The summed E-state index contributed by atoms with van der Waals surface area (Å²) in [4.78, 5) is 0. The second-order valence-corrected chi connectivity index (χ2v) is 1.74. The van der Waals surface area contributed by atoms with Crippen molar-refractivity contribution < 1.29 is 0 Å². The molecule has 0 amide bonds. The van der Waals surface area contributed by atoms with E-state index in [0.29, 0.717) is 0 Å². The van der Waals surface area contributed by atoms with Crippen molar-refractivity contribution in [1.29, 1.82) is 0 Å². The lowest BCUT2D eigenvalue weighted by molar-refractivity contribution is 0.745. The van der Waals surface area contributed by atoms with E-state index < -0.39 is 0 Å². The van der Waals surface area contributed by atoms with Crippen molar-refractivity contribution in [1.82, 2.24) is 0 Å². The number of hydrogen-bond acceptors (Lipinski definition) is 2. The summed E-state index contributed by atoms with van der Waals surface area (Å²) in [6, 6.07) is 0. The first kappa shape index (κ1) is 7.47. The number of nitrogens with zero attached hydrogens (tertiary/aromatic N) is 1. The van der Waals surface area contributed by atoms with Crippen molar-refractivity contribution >= 4 is 6.21 Å². The van der Waals surface area contributed by atoms with E-state index in [4.69, 9.17) is 5.84 Å². The Morgan fingerprint density at radius 1 is 1.50 bits per heavy atom. The Morgan fingerprint density at radius 3 is 2.75 bits per heavy atom. The van der Waals surface area contributed by atoms with Crippen LogP contribution in [0.1, 0.15) is 32.6 Å². The molecule has 0 spiro atoms. The van der Waals surface area contributed by atoms with Crippen LogP contribution in [0.3, 0.4) is 0 Å². The third-order valence-corrected chi connectivity index (χ3v) is 0.983. The van der Waals surface area contributed by atoms with Gasteiger partial charge in [0.15, 0.2) is 0 Å². The van der Waals surface area contributed by atoms with Crippen molar-refractivity contribution in [2.24, 2.45) is 10.9 Å². The van der Waals surface area contributed by atoms with E-state index in [9.17, 15) is 0 Å². The number of hydrazone groups is 1. The van der Waals surface area contributed by atoms with Gasteiger partial charge in [0.05, 0.1) is 6.21 Å². The van der Waals surface area contributed by atoms with Crippen LogP contribution in [0.15, 0.2) is 5.10 Å². The zero-order valence-electron chi connectivity index (χ0n) is 5.35. The van der Waals surface area contributed by atoms with Gasteiger partial charge in [-0.05, 0) is 12.8 Å². The monoisotopic (exact) mass is 113 g/mol. The summed E-state index contributed by atoms with van der Waals surface area (Å²) in [7, 11) is 0. The SMILES string of the molecule is CCCCC/[C]=N\N. The minimum Gasteiger partial charge on any atom is -0.323 e. The van der Waals surface area contributed by atoms with E-state index in [1.54, 1.807) is 0 Å². The lowest BCUT2D eigenvalue weighted by atomic mass is 10.2. The highest BCUT2D eigenvalue weighted by Gasteiger charge is 1.80. The maximum absolute atomic E-state index is 4.82. The van der Waals surface area contributed by atoms with Crippen LogP contribution in [0.2, 0.25) is 0 Å². The summed E-state index contributed by atoms with van der Waals surface area (Å²) in [5, 5.41) is 3.26. The van der Waals surface area contributed by atoms with Gasteiger partial charge in [-0.25, -0.2) is 0 Å². The molecule has 0 aliphatic heterocycles. The molecule has 8 heavy (non-hydrogen) atoms. The Morgan fingerprint density at radius 2 is 2.25 bits per heavy atom. The first-order valence-electron chi connectivity index (χ1n) is 3.04. The molecule has 0 bridgehead atoms. The molecule has 2 nitrogen and oxygen atoms in total. The summed E-state index contributed by atoms with van der Waals surface area (Å²) in [6.45, 7) is 2.17. The molecule has 0 atom stereocenters. The van der Waals surface area contributed by atoms with Crippen LogP contribution in [0.5, 0.6) is 0 Å². The van der Waals surface area contributed by atoms with Crippen molar-refractivity contribution in [3.05, 3.63) is 0 Å². The summed E-state index contributed by atoms with van der Waals surface area (Å²) in [5.41, 5.74) is 0. The van der Waals surface area contributed by atoms with Gasteiger partial charge >= 0.3 is 0 Å². The van der Waals surface area contributed by atoms with Crippen molar-refractivity contribution in [2.45, 2.75) is 32.6 Å². The van der Waals surface area contributed by atoms with E-state index in [1.807, 2.05) is 0 Å². The van der Waals surface area contributed by atoms with Crippen LogP contribution < -0.4 is 5.84 Å². The maximum Gasteiger partial charge on any atom is 0.0832 e. The van der Waals surface area contributed by atoms with Crippen molar-refractivity contribution in [2.75, 3.05) is 0 Å². The molecule has 0 aromatic rings. The van der Waals surface area contributed by atoms with Gasteiger partial charge in [-0.15, -0.1) is 0 Å². The van der Waals surface area contributed by atoms with E-state index in [1.165, 1.54) is 12.8 Å². The summed E-state index contributed by atoms with van der Waals surface area (Å²) < 4.78 is 0. The standard InChI is InChI=1S/C6H13N2/c1-2-3-4-5-6-8-7/h2-5,7H2,1H3. The molecular weight excluding hydrogens is 100 g/mol. The molecule has 0 aliphatic rings. The molecule has 0 heterocycles. The number of hydrogen-bond donors (Lipinski definition) is 1. The average molecular weight is 113 g/mol. The predicted molar refractivity (Wildman–Crippen MR) is 35.8 cm³/mol. The topological polar surface area (TPSA) is 38.4 Å². The second-order valence-electron chi connectivity index (χ2n) is 1.74. The predicted octanol–water partition coefficient (Wildman–Crippen LogP) is 1.39. The smallest absolute Gasteiger partial charge is 0.0832 e. The molecule has 0 fully saturated rings. The Labute approximate surface area is 50.8 Å². The fourth-order valence-corrected chi connectivity index (χ4v) is 0.519. The van der Waals surface area contributed by atoms with Crippen LogP contribution in [-0.2, 0) is 0 Å². The average Bonchev–Trinajstić information content (AvgIpc) is 1.81. The van der Waals surface area contributed by atoms with Gasteiger partial charge in [-0.1, -0.05) is 19.8 Å². The van der Waals surface area contributed by atoms with Gasteiger partial charge < -0.3 is 5.84 Å². The lowest BCUT2D eigenvalue weighted by Gasteiger charge is -1.87. The van der Waals surface area contributed by atoms with Crippen LogP contribution in [0.4, 0.5) is 0 Å². The molecule has 1 radical (unpaired) electrons. The molecule has 2 heteroatoms. The van der Waals surface area contributed by atoms with Gasteiger partial charge in [0.25, 0.3) is 0 Å². The molecule has 0 saturated carbocycles. The minimum absolute atomic E-state index is 0.907. The highest BCUT2D eigenvalue weighted by atomic mass is 15.1. The Kier molecular flexibility index (Phi) is 6.04. The Balaban J connectivity index is 2.72. The van der Waals surface area contributed by atoms with Gasteiger partial charge in [0, 0.05) is 0 Å². The van der Waals surface area contributed by atoms with Gasteiger partial charge in [0.2, 0.25) is 0 Å². The largest absolute Gasteiger partial charge is 0.323 e. The van der Waals surface area contributed by atoms with Crippen molar-refractivity contribution in [3.8, 4) is 0 Å². The fraction of sp³-hybridized carbons (Fsp3) is 0.833. The molecule has 0 aliphatic carbocycles. The third-order valence-electron chi connectivity index (χ3n) is 0.983. The Bertz CT molecular complexity index is 59.5. The van der Waals surface area contributed by atoms with Crippen molar-refractivity contribution in [3.63, 3.8) is 0 Å². The highest BCUT2D eigenvalue weighted by molar-refractivity contribution is 5.56.